The van der Waals surface area contributed by atoms with Gasteiger partial charge >= 0.3 is 6.09 Å². The molecule has 1 aromatic rings. The van der Waals surface area contributed by atoms with Gasteiger partial charge in [0.1, 0.15) is 5.60 Å². The highest BCUT2D eigenvalue weighted by molar-refractivity contribution is 7.80. The Hall–Kier alpha value is -1.62. The van der Waals surface area contributed by atoms with Gasteiger partial charge in [-0.25, -0.2) is 4.79 Å². The third-order valence-electron chi connectivity index (χ3n) is 3.50. The number of rotatable bonds is 2. The lowest BCUT2D eigenvalue weighted by Gasteiger charge is -2.32. The molecule has 5 heteroatoms. The van der Waals surface area contributed by atoms with Crippen molar-refractivity contribution in [3.8, 4) is 0 Å². The molecule has 0 unspecified atom stereocenters. The first kappa shape index (κ1) is 15.8. The van der Waals surface area contributed by atoms with Crippen molar-refractivity contribution < 1.29 is 9.53 Å². The van der Waals surface area contributed by atoms with Crippen molar-refractivity contribution in [2.45, 2.75) is 51.3 Å². The Morgan fingerprint density at radius 3 is 2.43 bits per heavy atom. The molecule has 0 aromatic heterocycles. The molecule has 1 heterocycles. The summed E-state index contributed by atoms with van der Waals surface area (Å²) in [5.41, 5.74) is 6.36. The number of benzene rings is 1. The van der Waals surface area contributed by atoms with E-state index in [4.69, 9.17) is 22.7 Å². The molecule has 1 saturated heterocycles. The SMILES string of the molecule is CC(C)(C)OC(=O)N1[C@@H](C(N)=S)CC[C@@H]1c1ccccc1. The highest BCUT2D eigenvalue weighted by Crippen LogP contribution is 2.37. The lowest BCUT2D eigenvalue weighted by Crippen LogP contribution is -2.46. The summed E-state index contributed by atoms with van der Waals surface area (Å²) in [6.07, 6.45) is 1.26. The summed E-state index contributed by atoms with van der Waals surface area (Å²) < 4.78 is 5.53. The van der Waals surface area contributed by atoms with Crippen molar-refractivity contribution in [2.75, 3.05) is 0 Å². The van der Waals surface area contributed by atoms with Gasteiger partial charge in [0.15, 0.2) is 0 Å². The Kier molecular flexibility index (Phi) is 4.52. The average Bonchev–Trinajstić information content (AvgIpc) is 2.82. The van der Waals surface area contributed by atoms with Gasteiger partial charge in [-0.3, -0.25) is 4.90 Å². The van der Waals surface area contributed by atoms with E-state index in [0.29, 0.717) is 4.99 Å². The zero-order valence-electron chi connectivity index (χ0n) is 12.7. The number of hydrogen-bond donors (Lipinski definition) is 1. The lowest BCUT2D eigenvalue weighted by atomic mass is 10.1. The topological polar surface area (TPSA) is 55.6 Å². The fraction of sp³-hybridized carbons (Fsp3) is 0.500. The van der Waals surface area contributed by atoms with Crippen molar-refractivity contribution in [1.82, 2.24) is 4.90 Å². The second kappa shape index (κ2) is 6.02. The van der Waals surface area contributed by atoms with Crippen LogP contribution in [-0.2, 0) is 4.74 Å². The molecule has 2 rings (SSSR count). The summed E-state index contributed by atoms with van der Waals surface area (Å²) in [4.78, 5) is 14.6. The second-order valence-corrected chi connectivity index (χ2v) is 6.78. The summed E-state index contributed by atoms with van der Waals surface area (Å²) in [5, 5.41) is 0. The van der Waals surface area contributed by atoms with E-state index in [9.17, 15) is 4.79 Å². The van der Waals surface area contributed by atoms with Crippen LogP contribution in [0.2, 0.25) is 0 Å². The quantitative estimate of drug-likeness (QED) is 0.851. The Bertz CT molecular complexity index is 525. The minimum absolute atomic E-state index is 0.0347. The Labute approximate surface area is 131 Å². The lowest BCUT2D eigenvalue weighted by molar-refractivity contribution is 0.0191. The van der Waals surface area contributed by atoms with Gasteiger partial charge in [-0.15, -0.1) is 0 Å². The fourth-order valence-electron chi connectivity index (χ4n) is 2.66. The van der Waals surface area contributed by atoms with Crippen LogP contribution in [-0.4, -0.2) is 27.6 Å². The minimum atomic E-state index is -0.540. The number of hydrogen-bond acceptors (Lipinski definition) is 3. The number of thiocarbonyl (C=S) groups is 1. The van der Waals surface area contributed by atoms with Gasteiger partial charge in [-0.1, -0.05) is 42.5 Å². The van der Waals surface area contributed by atoms with Crippen molar-refractivity contribution >= 4 is 23.3 Å². The van der Waals surface area contributed by atoms with E-state index in [1.807, 2.05) is 51.1 Å². The molecule has 0 saturated carbocycles. The maximum absolute atomic E-state index is 12.5. The first-order valence-corrected chi connectivity index (χ1v) is 7.56. The van der Waals surface area contributed by atoms with Crippen LogP contribution in [0.25, 0.3) is 0 Å². The molecule has 1 aliphatic rings. The molecule has 0 bridgehead atoms. The van der Waals surface area contributed by atoms with Gasteiger partial charge in [-0.05, 0) is 39.2 Å². The Morgan fingerprint density at radius 2 is 1.90 bits per heavy atom. The number of ether oxygens (including phenoxy) is 1. The average molecular weight is 306 g/mol. The summed E-state index contributed by atoms with van der Waals surface area (Å²) >= 11 is 5.12. The molecule has 4 nitrogen and oxygen atoms in total. The van der Waals surface area contributed by atoms with Crippen molar-refractivity contribution in [3.05, 3.63) is 35.9 Å². The smallest absolute Gasteiger partial charge is 0.411 e. The van der Waals surface area contributed by atoms with Crippen LogP contribution in [0.1, 0.15) is 45.2 Å². The van der Waals surface area contributed by atoms with Crippen LogP contribution in [0.3, 0.4) is 0 Å². The van der Waals surface area contributed by atoms with Gasteiger partial charge in [0.25, 0.3) is 0 Å². The molecule has 1 aromatic carbocycles. The standard InChI is InChI=1S/C16H22N2O2S/c1-16(2,3)20-15(19)18-12(9-10-13(18)14(17)21)11-7-5-4-6-8-11/h4-8,12-13H,9-10H2,1-3H3,(H2,17,21)/t12-,13-/m1/s1. The van der Waals surface area contributed by atoms with E-state index in [2.05, 4.69) is 0 Å². The predicted octanol–water partition coefficient (Wildman–Crippen LogP) is 3.41. The number of nitrogens with zero attached hydrogens (tertiary/aromatic N) is 1. The van der Waals surface area contributed by atoms with Gasteiger partial charge in [0.05, 0.1) is 17.1 Å². The minimum Gasteiger partial charge on any atom is -0.444 e. The summed E-state index contributed by atoms with van der Waals surface area (Å²) in [6.45, 7) is 5.57. The van der Waals surface area contributed by atoms with Crippen LogP contribution in [0.5, 0.6) is 0 Å². The van der Waals surface area contributed by atoms with Crippen molar-refractivity contribution in [1.29, 1.82) is 0 Å². The molecular formula is C16H22N2O2S. The molecule has 2 atom stereocenters. The second-order valence-electron chi connectivity index (χ2n) is 6.31. The third kappa shape index (κ3) is 3.73. The summed E-state index contributed by atoms with van der Waals surface area (Å²) in [7, 11) is 0. The highest BCUT2D eigenvalue weighted by Gasteiger charge is 2.41. The maximum Gasteiger partial charge on any atom is 0.411 e. The fourth-order valence-corrected chi connectivity index (χ4v) is 2.89. The van der Waals surface area contributed by atoms with Crippen LogP contribution in [0.4, 0.5) is 4.79 Å². The van der Waals surface area contributed by atoms with Crippen molar-refractivity contribution in [2.24, 2.45) is 5.73 Å². The molecule has 0 radical (unpaired) electrons. The molecule has 21 heavy (non-hydrogen) atoms. The number of carbonyl (C=O) groups is 1. The molecule has 1 amide bonds. The number of nitrogens with two attached hydrogens (primary N) is 1. The summed E-state index contributed by atoms with van der Waals surface area (Å²) in [6, 6.07) is 9.66. The molecule has 0 spiro atoms. The Morgan fingerprint density at radius 1 is 1.29 bits per heavy atom. The van der Waals surface area contributed by atoms with E-state index in [-0.39, 0.29) is 18.2 Å². The van der Waals surface area contributed by atoms with E-state index in [0.717, 1.165) is 18.4 Å². The monoisotopic (exact) mass is 306 g/mol. The van der Waals surface area contributed by atoms with E-state index in [1.165, 1.54) is 0 Å². The van der Waals surface area contributed by atoms with Gasteiger partial charge in [0.2, 0.25) is 0 Å². The predicted molar refractivity (Wildman–Crippen MR) is 87.1 cm³/mol. The number of carbonyl (C=O) groups excluding carboxylic acids is 1. The largest absolute Gasteiger partial charge is 0.444 e. The third-order valence-corrected chi connectivity index (χ3v) is 3.77. The van der Waals surface area contributed by atoms with E-state index in [1.54, 1.807) is 4.90 Å². The van der Waals surface area contributed by atoms with Gasteiger partial charge < -0.3 is 10.5 Å². The first-order valence-electron chi connectivity index (χ1n) is 7.15. The molecule has 1 aliphatic heterocycles. The van der Waals surface area contributed by atoms with Crippen LogP contribution in [0, 0.1) is 0 Å². The number of amides is 1. The molecule has 2 N–H and O–H groups in total. The van der Waals surface area contributed by atoms with E-state index < -0.39 is 5.60 Å². The van der Waals surface area contributed by atoms with Crippen LogP contribution in [0.15, 0.2) is 30.3 Å². The molecule has 1 fully saturated rings. The first-order chi connectivity index (χ1) is 9.79. The zero-order valence-corrected chi connectivity index (χ0v) is 13.5. The Balaban J connectivity index is 2.29. The van der Waals surface area contributed by atoms with E-state index >= 15 is 0 Å². The van der Waals surface area contributed by atoms with Crippen LogP contribution >= 0.6 is 12.2 Å². The molecule has 114 valence electrons. The normalized spacial score (nSPS) is 22.1. The zero-order chi connectivity index (χ0) is 15.6. The van der Waals surface area contributed by atoms with Gasteiger partial charge in [-0.2, -0.15) is 0 Å². The van der Waals surface area contributed by atoms with Gasteiger partial charge in [0, 0.05) is 0 Å². The van der Waals surface area contributed by atoms with Crippen molar-refractivity contribution in [3.63, 3.8) is 0 Å². The molecule has 0 aliphatic carbocycles. The summed E-state index contributed by atoms with van der Waals surface area (Å²) in [5.74, 6) is 0. The van der Waals surface area contributed by atoms with Crippen LogP contribution < -0.4 is 5.73 Å². The maximum atomic E-state index is 12.5. The number of likely N-dealkylation sites (tertiary alicyclic amines) is 1. The molecular weight excluding hydrogens is 284 g/mol. The highest BCUT2D eigenvalue weighted by atomic mass is 32.1.